The Kier molecular flexibility index (Phi) is 5.73. The maximum atomic E-state index is 5.54. The first-order valence-electron chi connectivity index (χ1n) is 7.08. The monoisotopic (exact) mass is 251 g/mol. The summed E-state index contributed by atoms with van der Waals surface area (Å²) >= 11 is 0. The lowest BCUT2D eigenvalue weighted by Crippen LogP contribution is -2.41. The van der Waals surface area contributed by atoms with Gasteiger partial charge in [0.2, 0.25) is 0 Å². The molecule has 0 aliphatic heterocycles. The molecule has 0 saturated heterocycles. The summed E-state index contributed by atoms with van der Waals surface area (Å²) in [5.74, 6) is 0.782. The molecule has 1 aliphatic carbocycles. The summed E-state index contributed by atoms with van der Waals surface area (Å²) in [7, 11) is 3.99. The molecule has 18 heavy (non-hydrogen) atoms. The van der Waals surface area contributed by atoms with E-state index in [4.69, 9.17) is 5.73 Å². The molecule has 1 rings (SSSR count). The molecule has 1 aliphatic rings. The summed E-state index contributed by atoms with van der Waals surface area (Å²) in [5, 5.41) is 6.59. The average Bonchev–Trinajstić information content (AvgIpc) is 2.72. The summed E-state index contributed by atoms with van der Waals surface area (Å²) in [4.78, 5) is 0. The Balaban J connectivity index is 2.76. The Bertz CT molecular complexity index is 309. The van der Waals surface area contributed by atoms with Gasteiger partial charge in [0.05, 0.1) is 0 Å². The zero-order valence-electron chi connectivity index (χ0n) is 12.3. The van der Waals surface area contributed by atoms with Crippen LogP contribution in [0.5, 0.6) is 0 Å². The minimum atomic E-state index is 0.401. The van der Waals surface area contributed by atoms with E-state index in [-0.39, 0.29) is 0 Å². The standard InChI is InChI=1S/C15H29N3/c1-5-15(10-6-7-13(11-16)17-3)12(2)8-9-14(15)18-4/h6-7,11-12,14,17-18H,5,8-10,16H2,1-4H3/b7-6-,13-11+. The zero-order valence-corrected chi connectivity index (χ0v) is 12.3. The molecule has 1 saturated carbocycles. The molecule has 0 aromatic rings. The van der Waals surface area contributed by atoms with E-state index in [9.17, 15) is 0 Å². The van der Waals surface area contributed by atoms with Crippen molar-refractivity contribution in [3.63, 3.8) is 0 Å². The third-order valence-corrected chi connectivity index (χ3v) is 4.83. The molecule has 1 fully saturated rings. The molecule has 0 amide bonds. The van der Waals surface area contributed by atoms with Crippen LogP contribution in [-0.2, 0) is 0 Å². The predicted molar refractivity (Wildman–Crippen MR) is 79.1 cm³/mol. The lowest BCUT2D eigenvalue weighted by atomic mass is 9.71. The van der Waals surface area contributed by atoms with Crippen molar-refractivity contribution < 1.29 is 0 Å². The molecule has 4 N–H and O–H groups in total. The molecule has 3 heteroatoms. The Morgan fingerprint density at radius 1 is 1.39 bits per heavy atom. The van der Waals surface area contributed by atoms with E-state index >= 15 is 0 Å². The van der Waals surface area contributed by atoms with Crippen LogP contribution in [0, 0.1) is 11.3 Å². The minimum absolute atomic E-state index is 0.401. The number of hydrogen-bond acceptors (Lipinski definition) is 3. The highest BCUT2D eigenvalue weighted by Crippen LogP contribution is 2.48. The normalized spacial score (nSPS) is 33.2. The molecule has 3 atom stereocenters. The second-order valence-electron chi connectivity index (χ2n) is 5.38. The van der Waals surface area contributed by atoms with Crippen LogP contribution in [0.4, 0.5) is 0 Å². The number of nitrogens with one attached hydrogen (secondary N) is 2. The highest BCUT2D eigenvalue weighted by molar-refractivity contribution is 5.16. The molecule has 0 bridgehead atoms. The van der Waals surface area contributed by atoms with Crippen molar-refractivity contribution in [2.75, 3.05) is 14.1 Å². The molecule has 0 heterocycles. The summed E-state index contributed by atoms with van der Waals surface area (Å²) < 4.78 is 0. The van der Waals surface area contributed by atoms with Crippen LogP contribution in [0.25, 0.3) is 0 Å². The maximum Gasteiger partial charge on any atom is 0.0491 e. The quantitative estimate of drug-likeness (QED) is 0.635. The fraction of sp³-hybridized carbons (Fsp3) is 0.733. The summed E-state index contributed by atoms with van der Waals surface area (Å²) in [5.41, 5.74) is 6.92. The van der Waals surface area contributed by atoms with Crippen LogP contribution >= 0.6 is 0 Å². The van der Waals surface area contributed by atoms with Gasteiger partial charge in [-0.25, -0.2) is 0 Å². The Hall–Kier alpha value is -0.960. The van der Waals surface area contributed by atoms with E-state index in [0.717, 1.165) is 18.0 Å². The third kappa shape index (κ3) is 2.89. The van der Waals surface area contributed by atoms with E-state index in [0.29, 0.717) is 11.5 Å². The van der Waals surface area contributed by atoms with Gasteiger partial charge in [0, 0.05) is 25.0 Å². The number of rotatable bonds is 6. The van der Waals surface area contributed by atoms with Gasteiger partial charge in [-0.2, -0.15) is 0 Å². The Morgan fingerprint density at radius 3 is 2.61 bits per heavy atom. The second-order valence-corrected chi connectivity index (χ2v) is 5.38. The molecule has 0 aromatic carbocycles. The summed E-state index contributed by atoms with van der Waals surface area (Å²) in [6, 6.07) is 0.641. The topological polar surface area (TPSA) is 50.1 Å². The van der Waals surface area contributed by atoms with Gasteiger partial charge in [-0.05, 0) is 50.1 Å². The van der Waals surface area contributed by atoms with Crippen LogP contribution in [-0.4, -0.2) is 20.1 Å². The third-order valence-electron chi connectivity index (χ3n) is 4.83. The van der Waals surface area contributed by atoms with Crippen LogP contribution in [0.2, 0.25) is 0 Å². The van der Waals surface area contributed by atoms with E-state index in [2.05, 4.69) is 43.7 Å². The van der Waals surface area contributed by atoms with Gasteiger partial charge in [0.15, 0.2) is 0 Å². The van der Waals surface area contributed by atoms with Crippen molar-refractivity contribution in [2.24, 2.45) is 17.1 Å². The van der Waals surface area contributed by atoms with Crippen LogP contribution in [0.15, 0.2) is 24.0 Å². The lowest BCUT2D eigenvalue weighted by Gasteiger charge is -2.38. The van der Waals surface area contributed by atoms with E-state index in [1.807, 2.05) is 7.05 Å². The number of hydrogen-bond donors (Lipinski definition) is 3. The molecular weight excluding hydrogens is 222 g/mol. The van der Waals surface area contributed by atoms with Crippen LogP contribution < -0.4 is 16.4 Å². The lowest BCUT2D eigenvalue weighted by molar-refractivity contribution is 0.164. The molecule has 0 spiro atoms. The fourth-order valence-corrected chi connectivity index (χ4v) is 3.48. The minimum Gasteiger partial charge on any atom is -0.403 e. The molecular formula is C15H29N3. The van der Waals surface area contributed by atoms with Crippen molar-refractivity contribution in [2.45, 2.75) is 45.6 Å². The number of allylic oxidation sites excluding steroid dienone is 2. The second kappa shape index (κ2) is 6.83. The van der Waals surface area contributed by atoms with Gasteiger partial charge in [-0.3, -0.25) is 0 Å². The average molecular weight is 251 g/mol. The zero-order chi connectivity index (χ0) is 13.6. The highest BCUT2D eigenvalue weighted by Gasteiger charge is 2.44. The van der Waals surface area contributed by atoms with Crippen molar-refractivity contribution in [3.05, 3.63) is 24.0 Å². The van der Waals surface area contributed by atoms with Crippen LogP contribution in [0.1, 0.15) is 39.5 Å². The predicted octanol–water partition coefficient (Wildman–Crippen LogP) is 2.37. The number of likely N-dealkylation sites (N-methyl/N-ethyl adjacent to an activating group) is 1. The van der Waals surface area contributed by atoms with Crippen molar-refractivity contribution in [1.82, 2.24) is 10.6 Å². The van der Waals surface area contributed by atoms with Crippen LogP contribution in [0.3, 0.4) is 0 Å². The molecule has 0 aromatic heterocycles. The highest BCUT2D eigenvalue weighted by atomic mass is 14.9. The Morgan fingerprint density at radius 2 is 2.11 bits per heavy atom. The van der Waals surface area contributed by atoms with Gasteiger partial charge in [0.25, 0.3) is 0 Å². The van der Waals surface area contributed by atoms with E-state index < -0.39 is 0 Å². The van der Waals surface area contributed by atoms with Gasteiger partial charge < -0.3 is 16.4 Å². The molecule has 3 unspecified atom stereocenters. The first kappa shape index (κ1) is 15.1. The molecule has 0 radical (unpaired) electrons. The van der Waals surface area contributed by atoms with Crippen molar-refractivity contribution >= 4 is 0 Å². The van der Waals surface area contributed by atoms with Gasteiger partial charge in [-0.15, -0.1) is 0 Å². The Labute approximate surface area is 112 Å². The molecule has 104 valence electrons. The number of nitrogens with two attached hydrogens (primary N) is 1. The smallest absolute Gasteiger partial charge is 0.0491 e. The summed E-state index contributed by atoms with van der Waals surface area (Å²) in [6.07, 6.45) is 11.0. The van der Waals surface area contributed by atoms with Gasteiger partial charge >= 0.3 is 0 Å². The SMILES string of the molecule is CCC1(C/C=C\C(=C/N)NC)C(C)CCC1NC. The van der Waals surface area contributed by atoms with E-state index in [1.165, 1.54) is 19.3 Å². The van der Waals surface area contributed by atoms with E-state index in [1.54, 1.807) is 6.20 Å². The summed E-state index contributed by atoms with van der Waals surface area (Å²) in [6.45, 7) is 4.71. The van der Waals surface area contributed by atoms with Gasteiger partial charge in [0.1, 0.15) is 0 Å². The fourth-order valence-electron chi connectivity index (χ4n) is 3.48. The van der Waals surface area contributed by atoms with Crippen molar-refractivity contribution in [3.8, 4) is 0 Å². The maximum absolute atomic E-state index is 5.54. The largest absolute Gasteiger partial charge is 0.403 e. The first-order chi connectivity index (χ1) is 8.64. The molecule has 3 nitrogen and oxygen atoms in total. The first-order valence-corrected chi connectivity index (χ1v) is 7.08. The van der Waals surface area contributed by atoms with Crippen molar-refractivity contribution in [1.29, 1.82) is 0 Å². The van der Waals surface area contributed by atoms with Gasteiger partial charge in [-0.1, -0.05) is 19.9 Å².